The van der Waals surface area contributed by atoms with Crippen LogP contribution in [-0.4, -0.2) is 25.6 Å². The molecule has 0 bridgehead atoms. The van der Waals surface area contributed by atoms with E-state index in [2.05, 4.69) is 12.2 Å². The van der Waals surface area contributed by atoms with E-state index in [1.807, 2.05) is 49.4 Å². The van der Waals surface area contributed by atoms with Crippen LogP contribution in [0.25, 0.3) is 11.0 Å². The van der Waals surface area contributed by atoms with Crippen LogP contribution in [0.15, 0.2) is 52.9 Å². The maximum atomic E-state index is 12.5. The topological polar surface area (TPSA) is 77.8 Å². The van der Waals surface area contributed by atoms with Gasteiger partial charge in [-0.3, -0.25) is 4.79 Å². The van der Waals surface area contributed by atoms with Gasteiger partial charge in [0, 0.05) is 18.1 Å². The number of carbonyl (C=O) groups is 2. The summed E-state index contributed by atoms with van der Waals surface area (Å²) in [5, 5.41) is 3.62. The van der Waals surface area contributed by atoms with Crippen molar-refractivity contribution in [3.05, 3.63) is 71.0 Å². The zero-order valence-corrected chi connectivity index (χ0v) is 16.9. The summed E-state index contributed by atoms with van der Waals surface area (Å²) in [6, 6.07) is 15.2. The molecule has 0 aliphatic rings. The molecule has 1 amide bonds. The molecule has 3 rings (SSSR count). The summed E-state index contributed by atoms with van der Waals surface area (Å²) < 4.78 is 16.0. The van der Waals surface area contributed by atoms with Crippen LogP contribution in [0.3, 0.4) is 0 Å². The van der Waals surface area contributed by atoms with E-state index in [0.717, 1.165) is 17.4 Å². The second-order valence-corrected chi connectivity index (χ2v) is 6.80. The Morgan fingerprint density at radius 2 is 1.83 bits per heavy atom. The quantitative estimate of drug-likeness (QED) is 0.579. The number of amides is 1. The lowest BCUT2D eigenvalue weighted by Gasteiger charge is -2.14. The summed E-state index contributed by atoms with van der Waals surface area (Å²) in [5.74, 6) is -1.01. The molecule has 0 saturated carbocycles. The van der Waals surface area contributed by atoms with Crippen molar-refractivity contribution in [2.24, 2.45) is 0 Å². The Hall–Kier alpha value is -3.12. The zero-order valence-electron chi connectivity index (χ0n) is 16.9. The van der Waals surface area contributed by atoms with Gasteiger partial charge in [-0.25, -0.2) is 4.79 Å². The molecule has 0 unspecified atom stereocenters. The molecule has 1 atom stereocenters. The molecule has 0 aliphatic carbocycles. The molecule has 0 fully saturated rings. The van der Waals surface area contributed by atoms with Crippen LogP contribution >= 0.6 is 0 Å². The largest absolute Gasteiger partial charge is 0.450 e. The minimum atomic E-state index is -0.691. The van der Waals surface area contributed by atoms with E-state index in [-0.39, 0.29) is 30.9 Å². The van der Waals surface area contributed by atoms with Gasteiger partial charge in [0.15, 0.2) is 6.61 Å². The number of para-hydroxylation sites is 1. The van der Waals surface area contributed by atoms with Gasteiger partial charge in [-0.15, -0.1) is 0 Å². The molecule has 6 heteroatoms. The monoisotopic (exact) mass is 395 g/mol. The van der Waals surface area contributed by atoms with Gasteiger partial charge in [-0.1, -0.05) is 49.4 Å². The normalized spacial score (nSPS) is 12.0. The number of nitrogens with one attached hydrogen (secondary N) is 1. The lowest BCUT2D eigenvalue weighted by molar-refractivity contribution is -0.124. The molecule has 2 aromatic carbocycles. The third-order valence-electron chi connectivity index (χ3n) is 4.77. The van der Waals surface area contributed by atoms with Gasteiger partial charge in [-0.2, -0.15) is 0 Å². The van der Waals surface area contributed by atoms with Crippen molar-refractivity contribution in [1.82, 2.24) is 5.32 Å². The summed E-state index contributed by atoms with van der Waals surface area (Å²) in [4.78, 5) is 24.7. The van der Waals surface area contributed by atoms with Gasteiger partial charge < -0.3 is 19.2 Å². The molecule has 3 aromatic rings. The number of carbonyl (C=O) groups excluding carboxylic acids is 2. The van der Waals surface area contributed by atoms with Crippen LogP contribution in [0.5, 0.6) is 0 Å². The number of ether oxygens (including phenoxy) is 2. The van der Waals surface area contributed by atoms with E-state index in [1.165, 1.54) is 5.56 Å². The molecule has 29 heavy (non-hydrogen) atoms. The number of rotatable bonds is 8. The van der Waals surface area contributed by atoms with Crippen molar-refractivity contribution < 1.29 is 23.5 Å². The van der Waals surface area contributed by atoms with Crippen molar-refractivity contribution in [1.29, 1.82) is 0 Å². The van der Waals surface area contributed by atoms with E-state index in [9.17, 15) is 9.59 Å². The highest BCUT2D eigenvalue weighted by molar-refractivity contribution is 5.96. The predicted octanol–water partition coefficient (Wildman–Crippen LogP) is 4.18. The van der Waals surface area contributed by atoms with Crippen LogP contribution in [0, 0.1) is 0 Å². The Balaban J connectivity index is 1.62. The minimum absolute atomic E-state index is 0.0593. The van der Waals surface area contributed by atoms with Crippen molar-refractivity contribution in [3.8, 4) is 0 Å². The van der Waals surface area contributed by atoms with Gasteiger partial charge >= 0.3 is 5.97 Å². The number of benzene rings is 2. The summed E-state index contributed by atoms with van der Waals surface area (Å²) in [5.41, 5.74) is 3.40. The van der Waals surface area contributed by atoms with Crippen molar-refractivity contribution in [2.75, 3.05) is 13.7 Å². The van der Waals surface area contributed by atoms with Crippen molar-refractivity contribution in [2.45, 2.75) is 32.9 Å². The van der Waals surface area contributed by atoms with E-state index in [1.54, 1.807) is 13.2 Å². The highest BCUT2D eigenvalue weighted by Gasteiger charge is 2.22. The molecular weight excluding hydrogens is 370 g/mol. The SMILES string of the molecule is CCc1ccc([C@H](C)NC(=O)COC(=O)c2oc3ccccc3c2COC)cc1. The highest BCUT2D eigenvalue weighted by atomic mass is 16.5. The van der Waals surface area contributed by atoms with Crippen LogP contribution in [0.1, 0.15) is 47.1 Å². The molecule has 1 aromatic heterocycles. The zero-order chi connectivity index (χ0) is 20.8. The maximum Gasteiger partial charge on any atom is 0.375 e. The number of methoxy groups -OCH3 is 1. The van der Waals surface area contributed by atoms with E-state index in [0.29, 0.717) is 11.1 Å². The Kier molecular flexibility index (Phi) is 6.67. The van der Waals surface area contributed by atoms with Gasteiger partial charge in [-0.05, 0) is 30.5 Å². The average molecular weight is 395 g/mol. The van der Waals surface area contributed by atoms with Gasteiger partial charge in [0.25, 0.3) is 5.91 Å². The second kappa shape index (κ2) is 9.39. The first-order valence-corrected chi connectivity index (χ1v) is 9.58. The Labute approximate surface area is 169 Å². The summed E-state index contributed by atoms with van der Waals surface area (Å²) in [7, 11) is 1.54. The smallest absolute Gasteiger partial charge is 0.375 e. The molecule has 0 spiro atoms. The number of aryl methyl sites for hydroxylation is 1. The van der Waals surface area contributed by atoms with Crippen molar-refractivity contribution >= 4 is 22.8 Å². The third kappa shape index (κ3) is 4.84. The first kappa shape index (κ1) is 20.6. The van der Waals surface area contributed by atoms with E-state index in [4.69, 9.17) is 13.9 Å². The predicted molar refractivity (Wildman–Crippen MR) is 110 cm³/mol. The fourth-order valence-corrected chi connectivity index (χ4v) is 3.16. The second-order valence-electron chi connectivity index (χ2n) is 6.80. The number of esters is 1. The lowest BCUT2D eigenvalue weighted by atomic mass is 10.1. The Bertz CT molecular complexity index is 990. The minimum Gasteiger partial charge on any atom is -0.450 e. The van der Waals surface area contributed by atoms with E-state index >= 15 is 0 Å². The third-order valence-corrected chi connectivity index (χ3v) is 4.77. The lowest BCUT2D eigenvalue weighted by Crippen LogP contribution is -2.31. The molecule has 0 aliphatic heterocycles. The first-order chi connectivity index (χ1) is 14.0. The van der Waals surface area contributed by atoms with Crippen LogP contribution < -0.4 is 5.32 Å². The molecule has 0 radical (unpaired) electrons. The van der Waals surface area contributed by atoms with E-state index < -0.39 is 5.97 Å². The first-order valence-electron chi connectivity index (χ1n) is 9.58. The molecular formula is C23H25NO5. The number of fused-ring (bicyclic) bond motifs is 1. The Morgan fingerprint density at radius 1 is 1.10 bits per heavy atom. The summed E-state index contributed by atoms with van der Waals surface area (Å²) >= 11 is 0. The Morgan fingerprint density at radius 3 is 2.52 bits per heavy atom. The number of furan rings is 1. The fraction of sp³-hybridized carbons (Fsp3) is 0.304. The number of hydrogen-bond acceptors (Lipinski definition) is 5. The van der Waals surface area contributed by atoms with Gasteiger partial charge in [0.1, 0.15) is 5.58 Å². The highest BCUT2D eigenvalue weighted by Crippen LogP contribution is 2.27. The summed E-state index contributed by atoms with van der Waals surface area (Å²) in [6.45, 7) is 3.79. The summed E-state index contributed by atoms with van der Waals surface area (Å²) in [6.07, 6.45) is 0.962. The van der Waals surface area contributed by atoms with Gasteiger partial charge in [0.2, 0.25) is 5.76 Å². The van der Waals surface area contributed by atoms with Crippen molar-refractivity contribution in [3.63, 3.8) is 0 Å². The van der Waals surface area contributed by atoms with Crippen LogP contribution in [0.2, 0.25) is 0 Å². The molecule has 1 N–H and O–H groups in total. The maximum absolute atomic E-state index is 12.5. The van der Waals surface area contributed by atoms with Crippen LogP contribution in [0.4, 0.5) is 0 Å². The molecule has 1 heterocycles. The van der Waals surface area contributed by atoms with Gasteiger partial charge in [0.05, 0.1) is 12.6 Å². The molecule has 6 nitrogen and oxygen atoms in total. The molecule has 152 valence electrons. The average Bonchev–Trinajstić information content (AvgIpc) is 3.11. The molecule has 0 saturated heterocycles. The fourth-order valence-electron chi connectivity index (χ4n) is 3.16. The standard InChI is InChI=1S/C23H25NO5/c1-4-16-9-11-17(12-10-16)15(2)24-21(25)14-28-23(26)22-19(13-27-3)18-7-5-6-8-20(18)29-22/h5-12,15H,4,13-14H2,1-3H3,(H,24,25)/t15-/m0/s1. The van der Waals surface area contributed by atoms with Crippen LogP contribution in [-0.2, 0) is 27.3 Å². The number of hydrogen-bond donors (Lipinski definition) is 1.